The van der Waals surface area contributed by atoms with Gasteiger partial charge in [-0.2, -0.15) is 0 Å². The molecule has 1 unspecified atom stereocenters. The molecule has 0 spiro atoms. The van der Waals surface area contributed by atoms with E-state index < -0.39 is 0 Å². The number of aliphatic imine (C=N–C) groups is 1. The van der Waals surface area contributed by atoms with E-state index in [0.717, 1.165) is 17.7 Å². The number of benzene rings is 1. The molecule has 0 saturated carbocycles. The molecule has 1 nitrogen and oxygen atoms in total. The minimum Gasteiger partial charge on any atom is -0.261 e. The first kappa shape index (κ1) is 15.9. The number of hydrogen-bond acceptors (Lipinski definition) is 2. The molecule has 4 heteroatoms. The summed E-state index contributed by atoms with van der Waals surface area (Å²) >= 11 is 1.80. The molecule has 0 saturated heterocycles. The van der Waals surface area contributed by atoms with Crippen molar-refractivity contribution in [3.8, 4) is 0 Å². The average molecular weight is 322 g/mol. The molecule has 2 aromatic rings. The van der Waals surface area contributed by atoms with Crippen LogP contribution in [0.1, 0.15) is 33.9 Å². The summed E-state index contributed by atoms with van der Waals surface area (Å²) in [6, 6.07) is 6.68. The first-order chi connectivity index (χ1) is 9.65. The molecule has 1 aromatic heterocycles. The Morgan fingerprint density at radius 1 is 1.29 bits per heavy atom. The maximum absolute atomic E-state index is 13.3. The SMILES string of the molecule is Cc1csc(C2C=CN=C(c3cccc(F)c3)C2)c1C.Cl. The number of halogens is 2. The molecule has 3 rings (SSSR count). The van der Waals surface area contributed by atoms with Crippen molar-refractivity contribution >= 4 is 29.5 Å². The molecule has 1 aromatic carbocycles. The summed E-state index contributed by atoms with van der Waals surface area (Å²) < 4.78 is 13.3. The van der Waals surface area contributed by atoms with Gasteiger partial charge in [0, 0.05) is 29.1 Å². The minimum absolute atomic E-state index is 0. The summed E-state index contributed by atoms with van der Waals surface area (Å²) in [5, 5.41) is 2.20. The molecule has 0 bridgehead atoms. The zero-order chi connectivity index (χ0) is 14.1. The van der Waals surface area contributed by atoms with Crippen LogP contribution in [0, 0.1) is 19.7 Å². The molecule has 0 aliphatic carbocycles. The summed E-state index contributed by atoms with van der Waals surface area (Å²) in [5.41, 5.74) is 4.55. The second kappa shape index (κ2) is 6.54. The van der Waals surface area contributed by atoms with E-state index in [1.807, 2.05) is 12.3 Å². The standard InChI is InChI=1S/C17H16FNS.ClH/c1-11-10-20-17(12(11)2)14-6-7-19-16(9-14)13-4-3-5-15(18)8-13;/h3-8,10,14H,9H2,1-2H3;1H. The van der Waals surface area contributed by atoms with Crippen LogP contribution in [0.25, 0.3) is 0 Å². The van der Waals surface area contributed by atoms with Gasteiger partial charge >= 0.3 is 0 Å². The molecular formula is C17H17ClFNS. The van der Waals surface area contributed by atoms with Crippen LogP contribution in [0.3, 0.4) is 0 Å². The van der Waals surface area contributed by atoms with Crippen molar-refractivity contribution in [3.63, 3.8) is 0 Å². The van der Waals surface area contributed by atoms with Crippen LogP contribution in [0.15, 0.2) is 46.9 Å². The normalized spacial score (nSPS) is 17.3. The van der Waals surface area contributed by atoms with Crippen LogP contribution in [0.2, 0.25) is 0 Å². The molecule has 1 aliphatic heterocycles. The van der Waals surface area contributed by atoms with Crippen molar-refractivity contribution in [2.75, 3.05) is 0 Å². The highest BCUT2D eigenvalue weighted by molar-refractivity contribution is 7.10. The van der Waals surface area contributed by atoms with Crippen molar-refractivity contribution in [1.82, 2.24) is 0 Å². The molecule has 1 atom stereocenters. The van der Waals surface area contributed by atoms with Gasteiger partial charge in [-0.25, -0.2) is 4.39 Å². The highest BCUT2D eigenvalue weighted by Gasteiger charge is 2.20. The van der Waals surface area contributed by atoms with Gasteiger partial charge < -0.3 is 0 Å². The zero-order valence-corrected chi connectivity index (χ0v) is 13.6. The van der Waals surface area contributed by atoms with Crippen LogP contribution in [0.4, 0.5) is 4.39 Å². The van der Waals surface area contributed by atoms with Gasteiger partial charge in [0.1, 0.15) is 5.82 Å². The monoisotopic (exact) mass is 321 g/mol. The summed E-state index contributed by atoms with van der Waals surface area (Å²) in [7, 11) is 0. The lowest BCUT2D eigenvalue weighted by atomic mass is 9.92. The summed E-state index contributed by atoms with van der Waals surface area (Å²) in [6.45, 7) is 4.31. The Bertz CT molecular complexity index is 703. The van der Waals surface area contributed by atoms with E-state index >= 15 is 0 Å². The molecule has 1 aliphatic rings. The van der Waals surface area contributed by atoms with Gasteiger partial charge in [-0.3, -0.25) is 4.99 Å². The largest absolute Gasteiger partial charge is 0.261 e. The van der Waals surface area contributed by atoms with Gasteiger partial charge in [-0.1, -0.05) is 18.2 Å². The van der Waals surface area contributed by atoms with Gasteiger partial charge in [0.05, 0.1) is 0 Å². The fraction of sp³-hybridized carbons (Fsp3) is 0.235. The first-order valence-corrected chi connectivity index (χ1v) is 7.57. The number of thiophene rings is 1. The van der Waals surface area contributed by atoms with Gasteiger partial charge in [0.25, 0.3) is 0 Å². The van der Waals surface area contributed by atoms with E-state index in [4.69, 9.17) is 0 Å². The smallest absolute Gasteiger partial charge is 0.123 e. The summed E-state index contributed by atoms with van der Waals surface area (Å²) in [5.74, 6) is 0.143. The molecule has 0 amide bonds. The number of hydrogen-bond donors (Lipinski definition) is 0. The van der Waals surface area contributed by atoms with Gasteiger partial charge in [0.2, 0.25) is 0 Å². The van der Waals surface area contributed by atoms with Gasteiger partial charge in [-0.05, 0) is 48.1 Å². The zero-order valence-electron chi connectivity index (χ0n) is 12.0. The molecular weight excluding hydrogens is 305 g/mol. The molecule has 0 N–H and O–H groups in total. The number of rotatable bonds is 2. The van der Waals surface area contributed by atoms with E-state index in [1.165, 1.54) is 22.1 Å². The van der Waals surface area contributed by atoms with Crippen LogP contribution < -0.4 is 0 Å². The van der Waals surface area contributed by atoms with Crippen molar-refractivity contribution in [3.05, 3.63) is 69.3 Å². The Kier molecular flexibility index (Phi) is 4.96. The molecule has 21 heavy (non-hydrogen) atoms. The average Bonchev–Trinajstić information content (AvgIpc) is 2.79. The Morgan fingerprint density at radius 2 is 2.10 bits per heavy atom. The lowest BCUT2D eigenvalue weighted by molar-refractivity contribution is 0.627. The van der Waals surface area contributed by atoms with E-state index in [1.54, 1.807) is 23.5 Å². The third-order valence-electron chi connectivity index (χ3n) is 3.78. The third-order valence-corrected chi connectivity index (χ3v) is 5.11. The molecule has 2 heterocycles. The van der Waals surface area contributed by atoms with E-state index in [9.17, 15) is 4.39 Å². The van der Waals surface area contributed by atoms with Crippen LogP contribution in [0.5, 0.6) is 0 Å². The Hall–Kier alpha value is -1.45. The predicted molar refractivity (Wildman–Crippen MR) is 90.5 cm³/mol. The molecule has 110 valence electrons. The summed E-state index contributed by atoms with van der Waals surface area (Å²) in [4.78, 5) is 5.82. The Balaban J connectivity index is 0.00000161. The van der Waals surface area contributed by atoms with Crippen LogP contribution in [-0.4, -0.2) is 5.71 Å². The molecule has 0 radical (unpaired) electrons. The maximum Gasteiger partial charge on any atom is 0.123 e. The van der Waals surface area contributed by atoms with E-state index in [0.29, 0.717) is 5.92 Å². The van der Waals surface area contributed by atoms with Crippen LogP contribution in [-0.2, 0) is 0 Å². The first-order valence-electron chi connectivity index (χ1n) is 6.69. The van der Waals surface area contributed by atoms with Crippen LogP contribution >= 0.6 is 23.7 Å². The topological polar surface area (TPSA) is 12.4 Å². The summed E-state index contributed by atoms with van der Waals surface area (Å²) in [6.07, 6.45) is 4.82. The molecule has 0 fully saturated rings. The fourth-order valence-corrected chi connectivity index (χ4v) is 3.65. The number of nitrogens with zero attached hydrogens (tertiary/aromatic N) is 1. The Morgan fingerprint density at radius 3 is 2.76 bits per heavy atom. The highest BCUT2D eigenvalue weighted by atomic mass is 35.5. The number of allylic oxidation sites excluding steroid dienone is 1. The lowest BCUT2D eigenvalue weighted by Gasteiger charge is -2.18. The van der Waals surface area contributed by atoms with Crippen molar-refractivity contribution in [2.24, 2.45) is 4.99 Å². The minimum atomic E-state index is -0.209. The van der Waals surface area contributed by atoms with Gasteiger partial charge in [0.15, 0.2) is 0 Å². The Labute approximate surface area is 134 Å². The van der Waals surface area contributed by atoms with Crippen molar-refractivity contribution in [2.45, 2.75) is 26.2 Å². The van der Waals surface area contributed by atoms with Crippen molar-refractivity contribution < 1.29 is 4.39 Å². The maximum atomic E-state index is 13.3. The van der Waals surface area contributed by atoms with E-state index in [-0.39, 0.29) is 18.2 Å². The second-order valence-corrected chi connectivity index (χ2v) is 6.06. The quantitative estimate of drug-likeness (QED) is 0.700. The predicted octanol–water partition coefficient (Wildman–Crippen LogP) is 5.42. The van der Waals surface area contributed by atoms with E-state index in [2.05, 4.69) is 30.3 Å². The number of aryl methyl sites for hydroxylation is 1. The lowest BCUT2D eigenvalue weighted by Crippen LogP contribution is -2.10. The van der Waals surface area contributed by atoms with Gasteiger partial charge in [-0.15, -0.1) is 23.7 Å². The fourth-order valence-electron chi connectivity index (χ4n) is 2.49. The highest BCUT2D eigenvalue weighted by Crippen LogP contribution is 2.34. The third kappa shape index (κ3) is 3.25. The second-order valence-electron chi connectivity index (χ2n) is 5.15. The van der Waals surface area contributed by atoms with Crippen molar-refractivity contribution in [1.29, 1.82) is 0 Å².